The van der Waals surface area contributed by atoms with Gasteiger partial charge in [-0.3, -0.25) is 9.69 Å². The summed E-state index contributed by atoms with van der Waals surface area (Å²) in [5.74, 6) is -1.30. The van der Waals surface area contributed by atoms with Crippen molar-refractivity contribution in [2.24, 2.45) is 5.73 Å². The number of carbonyl (C=O) groups is 2. The van der Waals surface area contributed by atoms with Crippen molar-refractivity contribution in [3.05, 3.63) is 34.9 Å². The zero-order chi connectivity index (χ0) is 12.6. The van der Waals surface area contributed by atoms with Crippen LogP contribution in [0.15, 0.2) is 18.2 Å². The van der Waals surface area contributed by atoms with Crippen molar-refractivity contribution >= 4 is 11.9 Å². The van der Waals surface area contributed by atoms with E-state index in [-0.39, 0.29) is 17.5 Å². The van der Waals surface area contributed by atoms with Gasteiger partial charge in [-0.2, -0.15) is 0 Å². The highest BCUT2D eigenvalue weighted by Gasteiger charge is 2.26. The average molecular weight is 234 g/mol. The molecule has 90 valence electrons. The molecular formula is C12H14N2O3. The smallest absolute Gasteiger partial charge is 0.335 e. The number of amides is 1. The monoisotopic (exact) mass is 234 g/mol. The number of primary amides is 1. The summed E-state index contributed by atoms with van der Waals surface area (Å²) in [5.41, 5.74) is 7.54. The van der Waals surface area contributed by atoms with Gasteiger partial charge in [0.1, 0.15) is 0 Å². The highest BCUT2D eigenvalue weighted by Crippen LogP contribution is 2.25. The Morgan fingerprint density at radius 3 is 2.59 bits per heavy atom. The molecule has 17 heavy (non-hydrogen) atoms. The van der Waals surface area contributed by atoms with Crippen molar-refractivity contribution in [1.82, 2.24) is 4.90 Å². The summed E-state index contributed by atoms with van der Waals surface area (Å²) in [4.78, 5) is 23.9. The fourth-order valence-corrected chi connectivity index (χ4v) is 2.01. The fraction of sp³-hybridized carbons (Fsp3) is 0.333. The largest absolute Gasteiger partial charge is 0.478 e. The molecular weight excluding hydrogens is 220 g/mol. The molecule has 1 aromatic rings. The molecule has 1 atom stereocenters. The third-order valence-electron chi connectivity index (χ3n) is 3.16. The lowest BCUT2D eigenvalue weighted by Crippen LogP contribution is -2.39. The quantitative estimate of drug-likeness (QED) is 0.801. The van der Waals surface area contributed by atoms with E-state index in [1.54, 1.807) is 25.1 Å². The Labute approximate surface area is 98.8 Å². The molecule has 5 heteroatoms. The molecule has 1 aliphatic rings. The number of carboxylic acids is 1. The van der Waals surface area contributed by atoms with Crippen LogP contribution in [-0.2, 0) is 17.9 Å². The Bertz CT molecular complexity index is 485. The summed E-state index contributed by atoms with van der Waals surface area (Å²) in [5, 5.41) is 8.89. The van der Waals surface area contributed by atoms with Crippen molar-refractivity contribution in [3.63, 3.8) is 0 Å². The maximum atomic E-state index is 11.1. The van der Waals surface area contributed by atoms with E-state index >= 15 is 0 Å². The van der Waals surface area contributed by atoms with Crippen LogP contribution in [0.2, 0.25) is 0 Å². The molecule has 2 rings (SSSR count). The van der Waals surface area contributed by atoms with E-state index in [2.05, 4.69) is 0 Å². The van der Waals surface area contributed by atoms with Crippen LogP contribution in [0.1, 0.15) is 28.4 Å². The van der Waals surface area contributed by atoms with Gasteiger partial charge in [0.2, 0.25) is 5.91 Å². The number of aromatic carboxylic acids is 1. The number of fused-ring (bicyclic) bond motifs is 1. The standard InChI is InChI=1S/C12H14N2O3/c1-7(11(13)15)14-5-9-3-2-8(12(16)17)4-10(9)6-14/h2-4,7H,5-6H2,1H3,(H2,13,15)(H,16,17). The van der Waals surface area contributed by atoms with Crippen LogP contribution in [0.5, 0.6) is 0 Å². The second kappa shape index (κ2) is 4.18. The molecule has 5 nitrogen and oxygen atoms in total. The van der Waals surface area contributed by atoms with Gasteiger partial charge in [-0.1, -0.05) is 6.07 Å². The average Bonchev–Trinajstić information content (AvgIpc) is 2.69. The molecule has 0 aliphatic carbocycles. The van der Waals surface area contributed by atoms with Crippen LogP contribution in [0.25, 0.3) is 0 Å². The summed E-state index contributed by atoms with van der Waals surface area (Å²) in [6.07, 6.45) is 0. The zero-order valence-corrected chi connectivity index (χ0v) is 9.51. The Morgan fingerprint density at radius 1 is 1.35 bits per heavy atom. The zero-order valence-electron chi connectivity index (χ0n) is 9.51. The highest BCUT2D eigenvalue weighted by atomic mass is 16.4. The van der Waals surface area contributed by atoms with Gasteiger partial charge in [0, 0.05) is 13.1 Å². The minimum atomic E-state index is -0.936. The van der Waals surface area contributed by atoms with Gasteiger partial charge in [0.05, 0.1) is 11.6 Å². The van der Waals surface area contributed by atoms with Gasteiger partial charge < -0.3 is 10.8 Å². The van der Waals surface area contributed by atoms with Crippen LogP contribution < -0.4 is 5.73 Å². The first-order chi connectivity index (χ1) is 7.99. The highest BCUT2D eigenvalue weighted by molar-refractivity contribution is 5.88. The molecule has 1 aromatic carbocycles. The first kappa shape index (κ1) is 11.6. The van der Waals surface area contributed by atoms with Gasteiger partial charge in [-0.15, -0.1) is 0 Å². The van der Waals surface area contributed by atoms with Crippen molar-refractivity contribution in [2.75, 3.05) is 0 Å². The molecule has 0 saturated heterocycles. The van der Waals surface area contributed by atoms with Crippen LogP contribution in [-0.4, -0.2) is 27.9 Å². The van der Waals surface area contributed by atoms with Crippen LogP contribution in [0.4, 0.5) is 0 Å². The Kier molecular flexibility index (Phi) is 2.85. The SMILES string of the molecule is CC(C(N)=O)N1Cc2ccc(C(=O)O)cc2C1. The first-order valence-electron chi connectivity index (χ1n) is 5.37. The second-order valence-corrected chi connectivity index (χ2v) is 4.27. The lowest BCUT2D eigenvalue weighted by Gasteiger charge is -2.20. The number of benzene rings is 1. The number of nitrogens with zero attached hydrogens (tertiary/aromatic N) is 1. The van der Waals surface area contributed by atoms with Gasteiger partial charge in [-0.25, -0.2) is 4.79 Å². The van der Waals surface area contributed by atoms with Crippen molar-refractivity contribution in [3.8, 4) is 0 Å². The molecule has 1 unspecified atom stereocenters. The molecule has 0 aromatic heterocycles. The minimum Gasteiger partial charge on any atom is -0.478 e. The summed E-state index contributed by atoms with van der Waals surface area (Å²) in [6, 6.07) is 4.70. The number of carbonyl (C=O) groups excluding carboxylic acids is 1. The summed E-state index contributed by atoms with van der Waals surface area (Å²) < 4.78 is 0. The first-order valence-corrected chi connectivity index (χ1v) is 5.37. The molecule has 0 fully saturated rings. The number of carboxylic acid groups (broad SMARTS) is 1. The Hall–Kier alpha value is -1.88. The topological polar surface area (TPSA) is 83.6 Å². The van der Waals surface area contributed by atoms with E-state index in [0.717, 1.165) is 11.1 Å². The summed E-state index contributed by atoms with van der Waals surface area (Å²) in [7, 11) is 0. The molecule has 0 bridgehead atoms. The summed E-state index contributed by atoms with van der Waals surface area (Å²) in [6.45, 7) is 2.96. The predicted octanol–water partition coefficient (Wildman–Crippen LogP) is 0.574. The van der Waals surface area contributed by atoms with Gasteiger partial charge in [-0.05, 0) is 30.2 Å². The van der Waals surface area contributed by atoms with Crippen molar-refractivity contribution < 1.29 is 14.7 Å². The van der Waals surface area contributed by atoms with E-state index in [0.29, 0.717) is 13.1 Å². The number of hydrogen-bond acceptors (Lipinski definition) is 3. The van der Waals surface area contributed by atoms with E-state index < -0.39 is 5.97 Å². The number of rotatable bonds is 3. The molecule has 1 heterocycles. The Balaban J connectivity index is 2.22. The fourth-order valence-electron chi connectivity index (χ4n) is 2.01. The Morgan fingerprint density at radius 2 is 2.00 bits per heavy atom. The minimum absolute atomic E-state index is 0.275. The van der Waals surface area contributed by atoms with Crippen molar-refractivity contribution in [2.45, 2.75) is 26.1 Å². The molecule has 1 aliphatic heterocycles. The van der Waals surface area contributed by atoms with Crippen molar-refractivity contribution in [1.29, 1.82) is 0 Å². The van der Waals surface area contributed by atoms with E-state index in [4.69, 9.17) is 10.8 Å². The molecule has 3 N–H and O–H groups in total. The molecule has 0 radical (unpaired) electrons. The maximum Gasteiger partial charge on any atom is 0.335 e. The predicted molar refractivity (Wildman–Crippen MR) is 61.3 cm³/mol. The van der Waals surface area contributed by atoms with Crippen LogP contribution >= 0.6 is 0 Å². The molecule has 0 spiro atoms. The lowest BCUT2D eigenvalue weighted by atomic mass is 10.1. The van der Waals surface area contributed by atoms with Gasteiger partial charge >= 0.3 is 5.97 Å². The number of nitrogens with two attached hydrogens (primary N) is 1. The maximum absolute atomic E-state index is 11.1. The third-order valence-corrected chi connectivity index (χ3v) is 3.16. The van der Waals surface area contributed by atoms with E-state index in [1.165, 1.54) is 0 Å². The lowest BCUT2D eigenvalue weighted by molar-refractivity contribution is -0.122. The van der Waals surface area contributed by atoms with Crippen LogP contribution in [0.3, 0.4) is 0 Å². The van der Waals surface area contributed by atoms with Gasteiger partial charge in [0.15, 0.2) is 0 Å². The van der Waals surface area contributed by atoms with E-state index in [9.17, 15) is 9.59 Å². The third kappa shape index (κ3) is 2.14. The second-order valence-electron chi connectivity index (χ2n) is 4.27. The van der Waals surface area contributed by atoms with Crippen LogP contribution in [0, 0.1) is 0 Å². The summed E-state index contributed by atoms with van der Waals surface area (Å²) >= 11 is 0. The normalized spacial score (nSPS) is 16.5. The number of hydrogen-bond donors (Lipinski definition) is 2. The molecule has 0 saturated carbocycles. The van der Waals surface area contributed by atoms with Gasteiger partial charge in [0.25, 0.3) is 0 Å². The molecule has 1 amide bonds. The van der Waals surface area contributed by atoms with E-state index in [1.807, 2.05) is 4.90 Å².